The molecule has 1 aromatic carbocycles. The second kappa shape index (κ2) is 7.22. The summed E-state index contributed by atoms with van der Waals surface area (Å²) >= 11 is 3.42. The van der Waals surface area contributed by atoms with E-state index in [1.807, 2.05) is 20.0 Å². The van der Waals surface area contributed by atoms with Crippen molar-refractivity contribution >= 4 is 26.0 Å². The van der Waals surface area contributed by atoms with Crippen molar-refractivity contribution in [3.8, 4) is 0 Å². The molecule has 1 aliphatic carbocycles. The Hall–Kier alpha value is -0.430. The van der Waals surface area contributed by atoms with Crippen LogP contribution in [0.15, 0.2) is 21.5 Å². The van der Waals surface area contributed by atoms with Gasteiger partial charge in [-0.3, -0.25) is 0 Å². The minimum absolute atomic E-state index is 0.339. The molecule has 0 bridgehead atoms. The highest BCUT2D eigenvalue weighted by Crippen LogP contribution is 2.28. The maximum atomic E-state index is 12.6. The van der Waals surface area contributed by atoms with Gasteiger partial charge in [0.15, 0.2) is 0 Å². The number of nitrogens with one attached hydrogen (secondary N) is 2. The van der Waals surface area contributed by atoms with Crippen molar-refractivity contribution in [1.82, 2.24) is 10.0 Å². The third-order valence-corrected chi connectivity index (χ3v) is 6.75. The molecule has 1 fully saturated rings. The van der Waals surface area contributed by atoms with E-state index in [9.17, 15) is 8.42 Å². The van der Waals surface area contributed by atoms with Gasteiger partial charge in [0.05, 0.1) is 4.90 Å². The van der Waals surface area contributed by atoms with Crippen LogP contribution in [0.1, 0.15) is 36.8 Å². The maximum absolute atomic E-state index is 12.6. The van der Waals surface area contributed by atoms with Crippen LogP contribution in [0.4, 0.5) is 0 Å². The second-order valence-corrected chi connectivity index (χ2v) is 8.29. The first-order valence-electron chi connectivity index (χ1n) is 7.37. The predicted octanol–water partition coefficient (Wildman–Crippen LogP) is 2.95. The van der Waals surface area contributed by atoms with Crippen LogP contribution < -0.4 is 10.0 Å². The summed E-state index contributed by atoms with van der Waals surface area (Å²) in [6.45, 7) is 3.11. The summed E-state index contributed by atoms with van der Waals surface area (Å²) in [5.41, 5.74) is 1.91. The molecule has 0 saturated heterocycles. The summed E-state index contributed by atoms with van der Waals surface area (Å²) in [6, 6.07) is 3.74. The second-order valence-electron chi connectivity index (χ2n) is 5.76. The van der Waals surface area contributed by atoms with Crippen LogP contribution in [-0.4, -0.2) is 22.0 Å². The minimum Gasteiger partial charge on any atom is -0.316 e. The highest BCUT2D eigenvalue weighted by molar-refractivity contribution is 9.10. The molecule has 6 heteroatoms. The summed E-state index contributed by atoms with van der Waals surface area (Å²) in [5, 5.41) is 3.06. The number of rotatable bonds is 6. The highest BCUT2D eigenvalue weighted by Gasteiger charge is 2.22. The molecule has 0 atom stereocenters. The van der Waals surface area contributed by atoms with Gasteiger partial charge in [0, 0.05) is 17.6 Å². The Kier molecular flexibility index (Phi) is 5.82. The molecule has 21 heavy (non-hydrogen) atoms. The lowest BCUT2D eigenvalue weighted by Gasteiger charge is -2.14. The summed E-state index contributed by atoms with van der Waals surface area (Å²) < 4.78 is 28.5. The normalized spacial score (nSPS) is 16.5. The minimum atomic E-state index is -3.47. The molecule has 2 rings (SSSR count). The Morgan fingerprint density at radius 2 is 1.95 bits per heavy atom. The zero-order valence-corrected chi connectivity index (χ0v) is 15.0. The Morgan fingerprint density at radius 1 is 1.29 bits per heavy atom. The van der Waals surface area contributed by atoms with Gasteiger partial charge >= 0.3 is 0 Å². The molecule has 1 aliphatic rings. The third kappa shape index (κ3) is 4.28. The first-order chi connectivity index (χ1) is 9.94. The van der Waals surface area contributed by atoms with E-state index in [-0.39, 0.29) is 0 Å². The van der Waals surface area contributed by atoms with E-state index in [0.717, 1.165) is 24.0 Å². The summed E-state index contributed by atoms with van der Waals surface area (Å²) in [5.74, 6) is 0.486. The van der Waals surface area contributed by atoms with Gasteiger partial charge in [-0.1, -0.05) is 18.9 Å². The highest BCUT2D eigenvalue weighted by atomic mass is 79.9. The summed E-state index contributed by atoms with van der Waals surface area (Å²) in [7, 11) is -1.62. The Morgan fingerprint density at radius 3 is 2.57 bits per heavy atom. The number of halogens is 1. The van der Waals surface area contributed by atoms with E-state index in [1.54, 1.807) is 6.07 Å². The average Bonchev–Trinajstić information content (AvgIpc) is 2.94. The van der Waals surface area contributed by atoms with Gasteiger partial charge in [0.1, 0.15) is 0 Å². The molecular formula is C15H23BrN2O2S. The van der Waals surface area contributed by atoms with Crippen molar-refractivity contribution in [1.29, 1.82) is 0 Å². The zero-order valence-electron chi connectivity index (χ0n) is 12.6. The van der Waals surface area contributed by atoms with Crippen LogP contribution >= 0.6 is 15.9 Å². The monoisotopic (exact) mass is 374 g/mol. The average molecular weight is 375 g/mol. The number of hydrogen-bond acceptors (Lipinski definition) is 3. The first kappa shape index (κ1) is 16.9. The summed E-state index contributed by atoms with van der Waals surface area (Å²) in [4.78, 5) is 0.339. The van der Waals surface area contributed by atoms with E-state index in [0.29, 0.717) is 28.4 Å². The number of hydrogen-bond donors (Lipinski definition) is 2. The lowest BCUT2D eigenvalue weighted by Crippen LogP contribution is -2.29. The van der Waals surface area contributed by atoms with Crippen molar-refractivity contribution in [2.75, 3.05) is 13.6 Å². The Bertz CT molecular complexity index is 596. The van der Waals surface area contributed by atoms with Gasteiger partial charge in [-0.05, 0) is 65.9 Å². The largest absolute Gasteiger partial charge is 0.316 e. The molecule has 1 aromatic rings. The van der Waals surface area contributed by atoms with Crippen molar-refractivity contribution in [2.24, 2.45) is 5.92 Å². The molecule has 4 nitrogen and oxygen atoms in total. The predicted molar refractivity (Wildman–Crippen MR) is 88.8 cm³/mol. The fourth-order valence-electron chi connectivity index (χ4n) is 2.83. The molecule has 0 aliphatic heterocycles. The van der Waals surface area contributed by atoms with Crippen molar-refractivity contribution in [3.63, 3.8) is 0 Å². The van der Waals surface area contributed by atoms with Gasteiger partial charge in [-0.2, -0.15) is 0 Å². The van der Waals surface area contributed by atoms with Crippen LogP contribution in [0.3, 0.4) is 0 Å². The van der Waals surface area contributed by atoms with Crippen LogP contribution in [0.25, 0.3) is 0 Å². The molecule has 0 heterocycles. The quantitative estimate of drug-likeness (QED) is 0.804. The Balaban J connectivity index is 2.21. The lowest BCUT2D eigenvalue weighted by molar-refractivity contribution is 0.519. The van der Waals surface area contributed by atoms with E-state index in [2.05, 4.69) is 26.0 Å². The number of aryl methyl sites for hydroxylation is 1. The molecular weight excluding hydrogens is 352 g/mol. The first-order valence-corrected chi connectivity index (χ1v) is 9.65. The topological polar surface area (TPSA) is 58.2 Å². The molecule has 1 saturated carbocycles. The smallest absolute Gasteiger partial charge is 0.241 e. The fraction of sp³-hybridized carbons (Fsp3) is 0.600. The van der Waals surface area contributed by atoms with Crippen LogP contribution in [0.5, 0.6) is 0 Å². The molecule has 0 unspecified atom stereocenters. The summed E-state index contributed by atoms with van der Waals surface area (Å²) in [6.07, 6.45) is 4.69. The molecule has 0 amide bonds. The third-order valence-electron chi connectivity index (χ3n) is 3.99. The molecule has 0 radical (unpaired) electrons. The van der Waals surface area contributed by atoms with E-state index in [1.165, 1.54) is 12.8 Å². The fourth-order valence-corrected chi connectivity index (χ4v) is 5.01. The maximum Gasteiger partial charge on any atom is 0.241 e. The van der Waals surface area contributed by atoms with Gasteiger partial charge in [-0.25, -0.2) is 13.1 Å². The molecule has 0 spiro atoms. The van der Waals surface area contributed by atoms with E-state index in [4.69, 9.17) is 0 Å². The van der Waals surface area contributed by atoms with Crippen LogP contribution in [0.2, 0.25) is 0 Å². The van der Waals surface area contributed by atoms with Crippen molar-refractivity contribution in [2.45, 2.75) is 44.0 Å². The van der Waals surface area contributed by atoms with Gasteiger partial charge in [0.2, 0.25) is 10.0 Å². The van der Waals surface area contributed by atoms with Crippen molar-refractivity contribution in [3.05, 3.63) is 27.7 Å². The van der Waals surface area contributed by atoms with Gasteiger partial charge in [0.25, 0.3) is 0 Å². The molecule has 0 aromatic heterocycles. The molecule has 2 N–H and O–H groups in total. The molecule has 118 valence electrons. The number of benzene rings is 1. The van der Waals surface area contributed by atoms with Crippen LogP contribution in [0, 0.1) is 12.8 Å². The van der Waals surface area contributed by atoms with E-state index < -0.39 is 10.0 Å². The zero-order chi connectivity index (χ0) is 15.5. The van der Waals surface area contributed by atoms with E-state index >= 15 is 0 Å². The van der Waals surface area contributed by atoms with Gasteiger partial charge < -0.3 is 5.32 Å². The standard InChI is InChI=1S/C15H23BrN2O2S/c1-11-7-13(9-17-2)8-14(15(11)16)21(19,20)18-10-12-5-3-4-6-12/h7-8,12,17-18H,3-6,9-10H2,1-2H3. The van der Waals surface area contributed by atoms with Crippen molar-refractivity contribution < 1.29 is 8.42 Å². The van der Waals surface area contributed by atoms with Gasteiger partial charge in [-0.15, -0.1) is 0 Å². The van der Waals surface area contributed by atoms with Crippen LogP contribution in [-0.2, 0) is 16.6 Å². The SMILES string of the molecule is CNCc1cc(C)c(Br)c(S(=O)(=O)NCC2CCCC2)c1. The lowest BCUT2D eigenvalue weighted by atomic mass is 10.1. The Labute approximate surface area is 135 Å². The number of sulfonamides is 1.